The number of hydrogen-bond donors (Lipinski definition) is 2. The fourth-order valence-electron chi connectivity index (χ4n) is 2.66. The number of carbonyl (C=O) groups is 1. The Morgan fingerprint density at radius 1 is 1.30 bits per heavy atom. The summed E-state index contributed by atoms with van der Waals surface area (Å²) in [4.78, 5) is 20.6. The van der Waals surface area contributed by atoms with Crippen LogP contribution in [0.5, 0.6) is 11.5 Å². The lowest BCUT2D eigenvalue weighted by Gasteiger charge is -2.09. The highest BCUT2D eigenvalue weighted by Crippen LogP contribution is 2.31. The van der Waals surface area contributed by atoms with Gasteiger partial charge in [-0.2, -0.15) is 0 Å². The number of nitrogens with two attached hydrogens (primary N) is 1. The fourth-order valence-corrected chi connectivity index (χ4v) is 2.66. The molecule has 8 heteroatoms. The summed E-state index contributed by atoms with van der Waals surface area (Å²) in [5, 5.41) is 10.1. The zero-order chi connectivity index (χ0) is 19.6. The van der Waals surface area contributed by atoms with Crippen LogP contribution in [0.4, 0.5) is 5.69 Å². The second-order valence-corrected chi connectivity index (χ2v) is 5.75. The molecule has 0 atom stereocenters. The van der Waals surface area contributed by atoms with Gasteiger partial charge in [0, 0.05) is 23.2 Å². The van der Waals surface area contributed by atoms with Gasteiger partial charge in [0.25, 0.3) is 5.91 Å². The van der Waals surface area contributed by atoms with Crippen molar-refractivity contribution in [1.29, 1.82) is 0 Å². The molecule has 0 aliphatic carbocycles. The molecule has 2 heterocycles. The van der Waals surface area contributed by atoms with E-state index in [-0.39, 0.29) is 17.7 Å². The van der Waals surface area contributed by atoms with Gasteiger partial charge in [-0.3, -0.25) is 9.78 Å². The van der Waals surface area contributed by atoms with Crippen molar-refractivity contribution in [2.24, 2.45) is 10.7 Å². The number of methoxy groups -OCH3 is 2. The van der Waals surface area contributed by atoms with Crippen molar-refractivity contribution in [3.05, 3.63) is 52.8 Å². The van der Waals surface area contributed by atoms with Gasteiger partial charge in [-0.05, 0) is 25.1 Å². The first kappa shape index (κ1) is 18.4. The first-order valence-corrected chi connectivity index (χ1v) is 8.08. The van der Waals surface area contributed by atoms with E-state index in [1.54, 1.807) is 38.3 Å². The van der Waals surface area contributed by atoms with Crippen LogP contribution >= 0.6 is 0 Å². The third-order valence-corrected chi connectivity index (χ3v) is 4.10. The third-order valence-electron chi connectivity index (χ3n) is 4.10. The number of fused-ring (bicyclic) bond motifs is 1. The lowest BCUT2D eigenvalue weighted by atomic mass is 10.1. The van der Waals surface area contributed by atoms with Gasteiger partial charge in [-0.25, -0.2) is 4.99 Å². The highest BCUT2D eigenvalue weighted by atomic mass is 16.5. The van der Waals surface area contributed by atoms with E-state index in [0.717, 1.165) is 0 Å². The van der Waals surface area contributed by atoms with Crippen LogP contribution in [-0.4, -0.2) is 30.2 Å². The zero-order valence-corrected chi connectivity index (χ0v) is 15.1. The number of pyridine rings is 1. The van der Waals surface area contributed by atoms with Crippen molar-refractivity contribution in [3.63, 3.8) is 0 Å². The Kier molecular flexibility index (Phi) is 5.09. The molecule has 0 fully saturated rings. The average Bonchev–Trinajstić information content (AvgIpc) is 2.68. The van der Waals surface area contributed by atoms with Gasteiger partial charge in [-0.1, -0.05) is 0 Å². The molecule has 1 aromatic carbocycles. The molecule has 0 radical (unpaired) electrons. The molecule has 0 aliphatic rings. The van der Waals surface area contributed by atoms with Gasteiger partial charge >= 0.3 is 0 Å². The second kappa shape index (κ2) is 7.46. The number of hydrogen-bond acceptors (Lipinski definition) is 7. The van der Waals surface area contributed by atoms with Crippen molar-refractivity contribution < 1.29 is 23.8 Å². The highest BCUT2D eigenvalue weighted by Gasteiger charge is 2.15. The van der Waals surface area contributed by atoms with Gasteiger partial charge in [-0.15, -0.1) is 0 Å². The number of ether oxygens (including phenoxy) is 2. The standard InChI is InChI=1S/C19H19N3O5/c1-10-17-13(11(9-23)8-21-10)7-14(18(20)24)19(27-17)22-15-5-4-12(25-2)6-16(15)26-3/h4-8,23H,9H2,1-3H3,(H2,20,24). The van der Waals surface area contributed by atoms with Crippen LogP contribution in [0.1, 0.15) is 21.6 Å². The molecule has 0 saturated carbocycles. The number of nitrogens with zero attached hydrogens (tertiary/aromatic N) is 2. The van der Waals surface area contributed by atoms with Gasteiger partial charge < -0.3 is 24.7 Å². The topological polar surface area (TPSA) is 120 Å². The van der Waals surface area contributed by atoms with Crippen molar-refractivity contribution in [2.75, 3.05) is 14.2 Å². The summed E-state index contributed by atoms with van der Waals surface area (Å²) in [5.41, 5.74) is 7.60. The van der Waals surface area contributed by atoms with E-state index < -0.39 is 5.91 Å². The van der Waals surface area contributed by atoms with E-state index in [1.165, 1.54) is 13.3 Å². The Morgan fingerprint density at radius 2 is 2.07 bits per heavy atom. The summed E-state index contributed by atoms with van der Waals surface area (Å²) in [6, 6.07) is 6.61. The maximum absolute atomic E-state index is 12.0. The molecule has 0 saturated heterocycles. The lowest BCUT2D eigenvalue weighted by molar-refractivity contribution is 0.0996. The lowest BCUT2D eigenvalue weighted by Crippen LogP contribution is -2.22. The van der Waals surface area contributed by atoms with Gasteiger partial charge in [0.15, 0.2) is 5.58 Å². The number of carbonyl (C=O) groups excluding carboxylic acids is 1. The number of aromatic nitrogens is 1. The molecule has 0 unspecified atom stereocenters. The monoisotopic (exact) mass is 369 g/mol. The van der Waals surface area contributed by atoms with Crippen molar-refractivity contribution in [3.8, 4) is 11.5 Å². The van der Waals surface area contributed by atoms with E-state index in [4.69, 9.17) is 19.6 Å². The normalized spacial score (nSPS) is 11.6. The summed E-state index contributed by atoms with van der Waals surface area (Å²) in [6.45, 7) is 1.51. The molecule has 3 aromatic rings. The Labute approximate surface area is 154 Å². The molecule has 27 heavy (non-hydrogen) atoms. The number of aryl methyl sites for hydroxylation is 1. The molecule has 0 spiro atoms. The van der Waals surface area contributed by atoms with Crippen molar-refractivity contribution >= 4 is 22.6 Å². The first-order chi connectivity index (χ1) is 13.0. The van der Waals surface area contributed by atoms with Crippen molar-refractivity contribution in [2.45, 2.75) is 13.5 Å². The Hall–Kier alpha value is -3.39. The molecule has 3 N–H and O–H groups in total. The van der Waals surface area contributed by atoms with Gasteiger partial charge in [0.05, 0.1) is 26.5 Å². The highest BCUT2D eigenvalue weighted by molar-refractivity contribution is 5.96. The molecular weight excluding hydrogens is 350 g/mol. The van der Waals surface area contributed by atoms with Crippen LogP contribution in [-0.2, 0) is 6.61 Å². The number of aliphatic hydroxyl groups is 1. The molecule has 0 bridgehead atoms. The van der Waals surface area contributed by atoms with Gasteiger partial charge in [0.2, 0.25) is 5.55 Å². The molecule has 1 amide bonds. The zero-order valence-electron chi connectivity index (χ0n) is 15.1. The summed E-state index contributed by atoms with van der Waals surface area (Å²) in [5.74, 6) is 0.341. The number of aliphatic hydroxyl groups excluding tert-OH is 1. The second-order valence-electron chi connectivity index (χ2n) is 5.75. The fraction of sp³-hybridized carbons (Fsp3) is 0.211. The van der Waals surface area contributed by atoms with Gasteiger partial charge in [0.1, 0.15) is 22.7 Å². The van der Waals surface area contributed by atoms with Crippen LogP contribution in [0.25, 0.3) is 11.0 Å². The minimum atomic E-state index is -0.703. The summed E-state index contributed by atoms with van der Waals surface area (Å²) >= 11 is 0. The van der Waals surface area contributed by atoms with Crippen LogP contribution in [0.2, 0.25) is 0 Å². The number of rotatable bonds is 5. The largest absolute Gasteiger partial charge is 0.497 e. The predicted molar refractivity (Wildman–Crippen MR) is 98.0 cm³/mol. The van der Waals surface area contributed by atoms with Crippen LogP contribution < -0.4 is 20.8 Å². The van der Waals surface area contributed by atoms with Crippen molar-refractivity contribution in [1.82, 2.24) is 4.98 Å². The third kappa shape index (κ3) is 3.47. The maximum atomic E-state index is 12.0. The Balaban J connectivity index is 2.34. The maximum Gasteiger partial charge on any atom is 0.254 e. The number of amides is 1. The van der Waals surface area contributed by atoms with E-state index >= 15 is 0 Å². The Bertz CT molecular complexity index is 1090. The molecule has 0 aliphatic heterocycles. The van der Waals surface area contributed by atoms with E-state index in [2.05, 4.69) is 9.98 Å². The molecular formula is C19H19N3O5. The summed E-state index contributed by atoms with van der Waals surface area (Å²) < 4.78 is 16.4. The summed E-state index contributed by atoms with van der Waals surface area (Å²) in [6.07, 6.45) is 1.53. The average molecular weight is 369 g/mol. The SMILES string of the molecule is COc1ccc(N=c2oc3c(C)ncc(CO)c3cc2C(N)=O)c(OC)c1. The quantitative estimate of drug-likeness (QED) is 0.709. The smallest absolute Gasteiger partial charge is 0.254 e. The van der Waals surface area contributed by atoms with Crippen LogP contribution in [0.3, 0.4) is 0 Å². The molecule has 8 nitrogen and oxygen atoms in total. The molecule has 2 aromatic heterocycles. The first-order valence-electron chi connectivity index (χ1n) is 8.08. The molecule has 3 rings (SSSR count). The van der Waals surface area contributed by atoms with Crippen LogP contribution in [0.15, 0.2) is 39.9 Å². The van der Waals surface area contributed by atoms with E-state index in [0.29, 0.717) is 39.4 Å². The van der Waals surface area contributed by atoms with E-state index in [9.17, 15) is 9.90 Å². The number of primary amides is 1. The Morgan fingerprint density at radius 3 is 2.70 bits per heavy atom. The minimum Gasteiger partial charge on any atom is -0.497 e. The van der Waals surface area contributed by atoms with Crippen LogP contribution in [0, 0.1) is 6.92 Å². The molecule has 140 valence electrons. The van der Waals surface area contributed by atoms with E-state index in [1.807, 2.05) is 0 Å². The summed E-state index contributed by atoms with van der Waals surface area (Å²) in [7, 11) is 3.05. The number of benzene rings is 1. The predicted octanol–water partition coefficient (Wildman–Crippen LogP) is 1.98. The minimum absolute atomic E-state index is 0.0263.